The minimum Gasteiger partial charge on any atom is -0.152 e. The third-order valence-corrected chi connectivity index (χ3v) is 2.30. The van der Waals surface area contributed by atoms with Crippen molar-refractivity contribution < 1.29 is 0 Å². The van der Waals surface area contributed by atoms with Crippen molar-refractivity contribution in [2.24, 2.45) is 0 Å². The lowest BCUT2D eigenvalue weighted by atomic mass is 10.1. The lowest BCUT2D eigenvalue weighted by Crippen LogP contribution is -1.78. The molecule has 0 bridgehead atoms. The molecule has 0 unspecified atom stereocenters. The summed E-state index contributed by atoms with van der Waals surface area (Å²) in [6.45, 7) is 4.29. The van der Waals surface area contributed by atoms with Gasteiger partial charge >= 0.3 is 0 Å². The Kier molecular flexibility index (Phi) is 3.37. The molecular formula is C10H14S. The molecule has 0 spiro atoms. The Balaban J connectivity index is 2.30. The summed E-state index contributed by atoms with van der Waals surface area (Å²) in [4.78, 5) is 0. The van der Waals surface area contributed by atoms with Gasteiger partial charge in [-0.05, 0) is 49.1 Å². The highest BCUT2D eigenvalue weighted by Gasteiger charge is 1.89. The van der Waals surface area contributed by atoms with Crippen molar-refractivity contribution in [1.82, 2.24) is 0 Å². The largest absolute Gasteiger partial charge is 0.152 e. The topological polar surface area (TPSA) is 0 Å². The minimum absolute atomic E-state index is 1.18. The van der Waals surface area contributed by atoms with E-state index in [1.807, 2.05) is 0 Å². The van der Waals surface area contributed by atoms with Crippen molar-refractivity contribution in [2.45, 2.75) is 26.7 Å². The summed E-state index contributed by atoms with van der Waals surface area (Å²) in [7, 11) is 0. The number of thiophene rings is 1. The lowest BCUT2D eigenvalue weighted by molar-refractivity contribution is 0.995. The maximum absolute atomic E-state index is 2.29. The second-order valence-corrected chi connectivity index (χ2v) is 3.73. The Labute approximate surface area is 72.6 Å². The van der Waals surface area contributed by atoms with E-state index in [-0.39, 0.29) is 0 Å². The third-order valence-electron chi connectivity index (χ3n) is 1.57. The molecule has 1 rings (SSSR count). The summed E-state index contributed by atoms with van der Waals surface area (Å²) in [6, 6.07) is 2.20. The van der Waals surface area contributed by atoms with Gasteiger partial charge in [-0.1, -0.05) is 11.6 Å². The third kappa shape index (κ3) is 3.38. The molecule has 0 aliphatic carbocycles. The van der Waals surface area contributed by atoms with E-state index < -0.39 is 0 Å². The molecule has 1 aromatic rings. The van der Waals surface area contributed by atoms with Crippen LogP contribution >= 0.6 is 11.3 Å². The average molecular weight is 166 g/mol. The van der Waals surface area contributed by atoms with Crippen molar-refractivity contribution in [3.8, 4) is 0 Å². The van der Waals surface area contributed by atoms with Gasteiger partial charge in [0.2, 0.25) is 0 Å². The normalized spacial score (nSPS) is 9.64. The highest BCUT2D eigenvalue weighted by molar-refractivity contribution is 7.07. The molecular weight excluding hydrogens is 152 g/mol. The predicted octanol–water partition coefficient (Wildman–Crippen LogP) is 3.65. The van der Waals surface area contributed by atoms with Crippen LogP contribution in [0.5, 0.6) is 0 Å². The van der Waals surface area contributed by atoms with Crippen LogP contribution < -0.4 is 0 Å². The van der Waals surface area contributed by atoms with E-state index in [0.717, 1.165) is 0 Å². The van der Waals surface area contributed by atoms with Crippen molar-refractivity contribution in [1.29, 1.82) is 0 Å². The van der Waals surface area contributed by atoms with Crippen LogP contribution in [0.1, 0.15) is 25.8 Å². The van der Waals surface area contributed by atoms with Crippen molar-refractivity contribution in [2.75, 3.05) is 0 Å². The van der Waals surface area contributed by atoms with Crippen LogP contribution in [0, 0.1) is 0 Å². The maximum atomic E-state index is 2.29. The molecule has 11 heavy (non-hydrogen) atoms. The van der Waals surface area contributed by atoms with E-state index in [2.05, 4.69) is 36.7 Å². The van der Waals surface area contributed by atoms with Gasteiger partial charge in [-0.25, -0.2) is 0 Å². The van der Waals surface area contributed by atoms with Gasteiger partial charge in [-0.15, -0.1) is 0 Å². The number of allylic oxidation sites excluding steroid dienone is 2. The molecule has 0 N–H and O–H groups in total. The van der Waals surface area contributed by atoms with E-state index >= 15 is 0 Å². The second-order valence-electron chi connectivity index (χ2n) is 2.95. The standard InChI is InChI=1S/C10H14S/c1-9(2)4-3-5-10-6-7-11-8-10/h4,6-8H,3,5H2,1-2H3. The first kappa shape index (κ1) is 8.54. The molecule has 0 aliphatic heterocycles. The van der Waals surface area contributed by atoms with Gasteiger partial charge in [0, 0.05) is 0 Å². The molecule has 0 saturated carbocycles. The fourth-order valence-corrected chi connectivity index (χ4v) is 1.67. The molecule has 0 aromatic carbocycles. The van der Waals surface area contributed by atoms with Gasteiger partial charge in [0.15, 0.2) is 0 Å². The van der Waals surface area contributed by atoms with Gasteiger partial charge < -0.3 is 0 Å². The van der Waals surface area contributed by atoms with Crippen LogP contribution in [-0.2, 0) is 6.42 Å². The number of hydrogen-bond acceptors (Lipinski definition) is 1. The van der Waals surface area contributed by atoms with Crippen LogP contribution in [-0.4, -0.2) is 0 Å². The van der Waals surface area contributed by atoms with Gasteiger partial charge in [0.1, 0.15) is 0 Å². The Bertz CT molecular complexity index is 215. The van der Waals surface area contributed by atoms with E-state index in [9.17, 15) is 0 Å². The smallest absolute Gasteiger partial charge is 0.00611 e. The Morgan fingerprint density at radius 1 is 1.55 bits per heavy atom. The summed E-state index contributed by atoms with van der Waals surface area (Å²) in [5.74, 6) is 0. The minimum atomic E-state index is 1.18. The number of aryl methyl sites for hydroxylation is 1. The van der Waals surface area contributed by atoms with Crippen molar-refractivity contribution in [3.05, 3.63) is 34.0 Å². The molecule has 0 radical (unpaired) electrons. The van der Waals surface area contributed by atoms with Gasteiger partial charge in [-0.2, -0.15) is 11.3 Å². The predicted molar refractivity (Wildman–Crippen MR) is 52.1 cm³/mol. The highest BCUT2D eigenvalue weighted by atomic mass is 32.1. The van der Waals surface area contributed by atoms with Gasteiger partial charge in [-0.3, -0.25) is 0 Å². The van der Waals surface area contributed by atoms with E-state index in [4.69, 9.17) is 0 Å². The van der Waals surface area contributed by atoms with E-state index in [1.165, 1.54) is 24.0 Å². The molecule has 0 aliphatic rings. The fraction of sp³-hybridized carbons (Fsp3) is 0.400. The molecule has 0 saturated heterocycles. The van der Waals surface area contributed by atoms with Crippen LogP contribution in [0.15, 0.2) is 28.5 Å². The zero-order valence-electron chi connectivity index (χ0n) is 7.13. The Morgan fingerprint density at radius 2 is 2.36 bits per heavy atom. The molecule has 1 heterocycles. The molecule has 0 atom stereocenters. The quantitative estimate of drug-likeness (QED) is 0.601. The van der Waals surface area contributed by atoms with Crippen molar-refractivity contribution in [3.63, 3.8) is 0 Å². The van der Waals surface area contributed by atoms with E-state index in [1.54, 1.807) is 11.3 Å². The number of rotatable bonds is 3. The van der Waals surface area contributed by atoms with Crippen LogP contribution in [0.2, 0.25) is 0 Å². The molecule has 60 valence electrons. The molecule has 1 aromatic heterocycles. The van der Waals surface area contributed by atoms with Gasteiger partial charge in [0.05, 0.1) is 0 Å². The zero-order valence-corrected chi connectivity index (χ0v) is 7.95. The summed E-state index contributed by atoms with van der Waals surface area (Å²) in [6.07, 6.45) is 4.66. The first-order valence-electron chi connectivity index (χ1n) is 3.93. The SMILES string of the molecule is CC(C)=CCCc1ccsc1. The lowest BCUT2D eigenvalue weighted by Gasteiger charge is -1.92. The summed E-state index contributed by atoms with van der Waals surface area (Å²) in [5, 5.41) is 4.36. The second kappa shape index (κ2) is 4.35. The highest BCUT2D eigenvalue weighted by Crippen LogP contribution is 2.09. The Morgan fingerprint density at radius 3 is 2.91 bits per heavy atom. The zero-order chi connectivity index (χ0) is 8.10. The fourth-order valence-electron chi connectivity index (χ4n) is 0.962. The molecule has 1 heteroatoms. The summed E-state index contributed by atoms with van der Waals surface area (Å²) < 4.78 is 0. The first-order chi connectivity index (χ1) is 5.29. The van der Waals surface area contributed by atoms with Gasteiger partial charge in [0.25, 0.3) is 0 Å². The first-order valence-corrected chi connectivity index (χ1v) is 4.88. The van der Waals surface area contributed by atoms with Crippen molar-refractivity contribution >= 4 is 11.3 Å². The average Bonchev–Trinajstić information content (AvgIpc) is 2.39. The summed E-state index contributed by atoms with van der Waals surface area (Å²) >= 11 is 1.78. The number of hydrogen-bond donors (Lipinski definition) is 0. The monoisotopic (exact) mass is 166 g/mol. The van der Waals surface area contributed by atoms with Crippen LogP contribution in [0.4, 0.5) is 0 Å². The summed E-state index contributed by atoms with van der Waals surface area (Å²) in [5.41, 5.74) is 2.88. The van der Waals surface area contributed by atoms with Crippen LogP contribution in [0.25, 0.3) is 0 Å². The van der Waals surface area contributed by atoms with Crippen LogP contribution in [0.3, 0.4) is 0 Å². The maximum Gasteiger partial charge on any atom is -0.00611 e. The Hall–Kier alpha value is -0.560. The molecule has 0 fully saturated rings. The van der Waals surface area contributed by atoms with E-state index in [0.29, 0.717) is 0 Å². The molecule has 0 amide bonds. The molecule has 0 nitrogen and oxygen atoms in total.